The number of rotatable bonds is 7. The molecule has 33 heavy (non-hydrogen) atoms. The highest BCUT2D eigenvalue weighted by Gasteiger charge is 2.86. The first kappa shape index (κ1) is 28.6. The number of carboxylic acids is 1. The Morgan fingerprint density at radius 2 is 1.00 bits per heavy atom. The number of carbonyl (C=O) groups is 1. The molecule has 21 heteroatoms. The predicted octanol–water partition coefficient (Wildman–Crippen LogP) is 4.36. The first-order valence-electron chi connectivity index (χ1n) is 6.92. The Morgan fingerprint density at radius 3 is 1.30 bits per heavy atom. The molecule has 190 valence electrons. The van der Waals surface area contributed by atoms with E-state index < -0.39 is 79.9 Å². The van der Waals surface area contributed by atoms with E-state index in [9.17, 15) is 79.1 Å². The summed E-state index contributed by atoms with van der Waals surface area (Å²) in [4.78, 5) is 10.8. The van der Waals surface area contributed by atoms with Crippen molar-refractivity contribution in [3.05, 3.63) is 34.6 Å². The van der Waals surface area contributed by atoms with Crippen LogP contribution in [0.15, 0.2) is 0 Å². The molecule has 0 fully saturated rings. The molecule has 1 aromatic rings. The van der Waals surface area contributed by atoms with Crippen LogP contribution in [-0.4, -0.2) is 42.8 Å². The Hall–Kier alpha value is -2.45. The van der Waals surface area contributed by atoms with Gasteiger partial charge in [0.05, 0.1) is 0 Å². The second kappa shape index (κ2) is 7.81. The Kier molecular flexibility index (Phi) is 6.76. The second-order valence-electron chi connectivity index (χ2n) is 5.55. The van der Waals surface area contributed by atoms with Crippen LogP contribution in [-0.2, 0) is 25.0 Å². The van der Waals surface area contributed by atoms with E-state index in [1.807, 2.05) is 0 Å². The summed E-state index contributed by atoms with van der Waals surface area (Å²) in [5, 5.41) is 0.575. The minimum atomic E-state index is -8.47. The third-order valence-corrected chi connectivity index (χ3v) is 4.79. The molecule has 1 rings (SSSR count). The average molecular weight is 542 g/mol. The molecule has 0 saturated heterocycles. The molecule has 0 amide bonds. The number of aliphatic carboxylic acids is 1. The summed E-state index contributed by atoms with van der Waals surface area (Å²) >= 11 is 0. The lowest BCUT2D eigenvalue weighted by atomic mass is 10.0. The molecule has 0 radical (unpaired) electrons. The lowest BCUT2D eigenvalue weighted by Crippen LogP contribution is -2.64. The number of hydrogen-bond donors (Lipinski definition) is 1. The van der Waals surface area contributed by atoms with Gasteiger partial charge in [0.2, 0.25) is 5.82 Å². The van der Waals surface area contributed by atoms with Crippen molar-refractivity contribution in [1.82, 2.24) is 0 Å². The van der Waals surface area contributed by atoms with Gasteiger partial charge in [-0.25, -0.2) is 30.9 Å². The van der Waals surface area contributed by atoms with Crippen LogP contribution >= 0.6 is 0 Å². The van der Waals surface area contributed by atoms with E-state index >= 15 is 0 Å². The van der Waals surface area contributed by atoms with Gasteiger partial charge in [0.15, 0.2) is 23.3 Å². The van der Waals surface area contributed by atoms with Crippen molar-refractivity contribution >= 4 is 16.1 Å². The van der Waals surface area contributed by atoms with E-state index in [0.29, 0.717) is 0 Å². The van der Waals surface area contributed by atoms with Crippen molar-refractivity contribution in [2.75, 3.05) is 0 Å². The van der Waals surface area contributed by atoms with Gasteiger partial charge in [-0.15, -0.1) is 0 Å². The predicted molar refractivity (Wildman–Crippen MR) is 67.6 cm³/mol. The molecule has 1 atom stereocenters. The molecular formula is C12HF15O5S. The molecule has 0 aliphatic rings. The van der Waals surface area contributed by atoms with Gasteiger partial charge in [-0.3, -0.25) is 0 Å². The zero-order valence-corrected chi connectivity index (χ0v) is 15.0. The Bertz CT molecular complexity index is 1050. The minimum Gasteiger partial charge on any atom is -0.477 e. The van der Waals surface area contributed by atoms with Crippen molar-refractivity contribution < 1.29 is 88.4 Å². The molecule has 0 aromatic heterocycles. The molecule has 0 aliphatic carbocycles. The summed E-state index contributed by atoms with van der Waals surface area (Å²) in [6, 6.07) is 0. The van der Waals surface area contributed by atoms with Gasteiger partial charge in [-0.2, -0.15) is 52.3 Å². The van der Waals surface area contributed by atoms with Gasteiger partial charge in [-0.1, -0.05) is 0 Å². The van der Waals surface area contributed by atoms with Crippen LogP contribution in [0.25, 0.3) is 0 Å². The van der Waals surface area contributed by atoms with Gasteiger partial charge < -0.3 is 5.11 Å². The fourth-order valence-corrected chi connectivity index (χ4v) is 2.80. The van der Waals surface area contributed by atoms with Crippen molar-refractivity contribution in [2.24, 2.45) is 0 Å². The van der Waals surface area contributed by atoms with Crippen LogP contribution in [0.2, 0.25) is 0 Å². The lowest BCUT2D eigenvalue weighted by molar-refractivity contribution is -0.383. The van der Waals surface area contributed by atoms with Crippen LogP contribution in [0.4, 0.5) is 65.9 Å². The van der Waals surface area contributed by atoms with E-state index in [-0.39, 0.29) is 0 Å². The van der Waals surface area contributed by atoms with E-state index in [0.717, 1.165) is 0 Å². The number of hydrogen-bond acceptors (Lipinski definition) is 4. The maximum atomic E-state index is 14.5. The fourth-order valence-electron chi connectivity index (χ4n) is 1.79. The maximum absolute atomic E-state index is 14.5. The molecule has 0 aliphatic heterocycles. The third-order valence-electron chi connectivity index (χ3n) is 3.46. The zero-order chi connectivity index (χ0) is 26.7. The van der Waals surface area contributed by atoms with Crippen molar-refractivity contribution in [3.63, 3.8) is 0 Å². The highest BCUT2D eigenvalue weighted by molar-refractivity contribution is 7.87. The highest BCUT2D eigenvalue weighted by atomic mass is 32.2. The smallest absolute Gasteiger partial charge is 0.460 e. The van der Waals surface area contributed by atoms with Crippen LogP contribution in [0.3, 0.4) is 0 Å². The van der Waals surface area contributed by atoms with Crippen LogP contribution in [0.5, 0.6) is 0 Å². The highest BCUT2D eigenvalue weighted by Crippen LogP contribution is 2.55. The molecule has 1 N–H and O–H groups in total. The standard InChI is InChI=1S/C12HF15O5S/c13-2-1(3(14)5(16)6(17)4(2)15)8(18,7(28)29)32-33(30,31)12(26,27)10(21,22)9(19,20)11(23,24)25/h(H,28,29). The fraction of sp³-hybridized carbons (Fsp3) is 0.417. The Balaban J connectivity index is 3.86. The number of carboxylic acid groups (broad SMARTS) is 1. The van der Waals surface area contributed by atoms with Gasteiger partial charge in [0.25, 0.3) is 0 Å². The molecule has 0 heterocycles. The van der Waals surface area contributed by atoms with Gasteiger partial charge in [0.1, 0.15) is 5.56 Å². The van der Waals surface area contributed by atoms with Crippen molar-refractivity contribution in [2.45, 2.75) is 29.1 Å². The van der Waals surface area contributed by atoms with Crippen molar-refractivity contribution in [1.29, 1.82) is 0 Å². The summed E-state index contributed by atoms with van der Waals surface area (Å²) in [6.45, 7) is 0. The summed E-state index contributed by atoms with van der Waals surface area (Å²) in [5.41, 5.74) is -3.57. The SMILES string of the molecule is O=C(O)C(F)(OS(=O)(=O)C(F)(F)C(F)(F)C(F)(F)C(F)(F)F)c1c(F)c(F)c(F)c(F)c1F. The molecule has 0 spiro atoms. The topological polar surface area (TPSA) is 80.7 Å². The first-order valence-corrected chi connectivity index (χ1v) is 8.33. The quantitative estimate of drug-likeness (QED) is 0.240. The lowest BCUT2D eigenvalue weighted by Gasteiger charge is -2.33. The summed E-state index contributed by atoms with van der Waals surface area (Å²) in [5.74, 6) is -43.3. The summed E-state index contributed by atoms with van der Waals surface area (Å²) in [7, 11) is -8.47. The van der Waals surface area contributed by atoms with E-state index in [1.54, 1.807) is 0 Å². The van der Waals surface area contributed by atoms with Crippen molar-refractivity contribution in [3.8, 4) is 0 Å². The minimum absolute atomic E-state index is 2.28. The number of halogens is 15. The maximum Gasteiger partial charge on any atom is 0.460 e. The molecule has 5 nitrogen and oxygen atoms in total. The van der Waals surface area contributed by atoms with E-state index in [1.165, 1.54) is 0 Å². The molecule has 1 aromatic carbocycles. The normalized spacial score (nSPS) is 16.0. The van der Waals surface area contributed by atoms with Crippen LogP contribution in [0, 0.1) is 29.1 Å². The molecular weight excluding hydrogens is 541 g/mol. The van der Waals surface area contributed by atoms with E-state index in [4.69, 9.17) is 5.11 Å². The first-order chi connectivity index (χ1) is 14.3. The Morgan fingerprint density at radius 1 is 0.667 bits per heavy atom. The molecule has 0 bridgehead atoms. The van der Waals surface area contributed by atoms with Gasteiger partial charge in [-0.05, 0) is 0 Å². The monoisotopic (exact) mass is 542 g/mol. The number of benzene rings is 1. The molecule has 0 saturated carbocycles. The zero-order valence-electron chi connectivity index (χ0n) is 14.2. The van der Waals surface area contributed by atoms with E-state index in [2.05, 4.69) is 4.18 Å². The summed E-state index contributed by atoms with van der Waals surface area (Å²) < 4.78 is 221. The largest absolute Gasteiger partial charge is 0.477 e. The summed E-state index contributed by atoms with van der Waals surface area (Å²) in [6.07, 6.45) is -7.63. The van der Waals surface area contributed by atoms with Crippen LogP contribution < -0.4 is 0 Å². The number of alkyl halides is 10. The van der Waals surface area contributed by atoms with Gasteiger partial charge in [0, 0.05) is 0 Å². The molecule has 1 unspecified atom stereocenters. The Labute approximate surface area is 169 Å². The second-order valence-corrected chi connectivity index (χ2v) is 7.13. The van der Waals surface area contributed by atoms with Gasteiger partial charge >= 0.3 is 45.2 Å². The average Bonchev–Trinajstić information content (AvgIpc) is 2.62. The van der Waals surface area contributed by atoms with Crippen LogP contribution in [0.1, 0.15) is 5.56 Å². The third kappa shape index (κ3) is 3.93.